The van der Waals surface area contributed by atoms with Crippen molar-refractivity contribution in [2.75, 3.05) is 6.54 Å². The Hall–Kier alpha value is -2.27. The van der Waals surface area contributed by atoms with Crippen molar-refractivity contribution in [2.45, 2.75) is 13.0 Å². The molecule has 0 fully saturated rings. The second-order valence-corrected chi connectivity index (χ2v) is 4.94. The van der Waals surface area contributed by atoms with Crippen molar-refractivity contribution in [3.05, 3.63) is 59.0 Å². The van der Waals surface area contributed by atoms with Gasteiger partial charge in [0.2, 0.25) is 5.91 Å². The molecule has 2 N–H and O–H groups in total. The van der Waals surface area contributed by atoms with E-state index in [9.17, 15) is 9.59 Å². The van der Waals surface area contributed by atoms with Crippen molar-refractivity contribution in [3.63, 3.8) is 0 Å². The van der Waals surface area contributed by atoms with Crippen LogP contribution in [0, 0.1) is 0 Å². The van der Waals surface area contributed by atoms with Gasteiger partial charge in [-0.15, -0.1) is 0 Å². The zero-order valence-corrected chi connectivity index (χ0v) is 12.2. The van der Waals surface area contributed by atoms with Gasteiger partial charge in [-0.3, -0.25) is 9.59 Å². The van der Waals surface area contributed by atoms with Crippen molar-refractivity contribution in [1.82, 2.24) is 10.6 Å². The number of nitrogens with one attached hydrogen (secondary N) is 2. The number of rotatable bonds is 5. The molecule has 1 heterocycles. The monoisotopic (exact) mass is 306 g/mol. The molecule has 0 spiro atoms. The lowest BCUT2D eigenvalue weighted by molar-refractivity contribution is -0.120. The van der Waals surface area contributed by atoms with Crippen LogP contribution in [0.1, 0.15) is 29.1 Å². The number of furan rings is 1. The molecule has 1 aromatic heterocycles. The van der Waals surface area contributed by atoms with Crippen LogP contribution in [0.25, 0.3) is 0 Å². The first-order valence-corrected chi connectivity index (χ1v) is 6.80. The van der Waals surface area contributed by atoms with Gasteiger partial charge in [0.05, 0.1) is 18.8 Å². The van der Waals surface area contributed by atoms with Gasteiger partial charge in [0.25, 0.3) is 5.91 Å². The summed E-state index contributed by atoms with van der Waals surface area (Å²) in [6, 6.07) is 10.2. The zero-order chi connectivity index (χ0) is 15.2. The Morgan fingerprint density at radius 2 is 1.95 bits per heavy atom. The molecular formula is C15H15ClN2O3. The van der Waals surface area contributed by atoms with E-state index in [-0.39, 0.29) is 24.3 Å². The van der Waals surface area contributed by atoms with Crippen molar-refractivity contribution in [1.29, 1.82) is 0 Å². The molecule has 0 radical (unpaired) electrons. The van der Waals surface area contributed by atoms with Crippen LogP contribution in [0.3, 0.4) is 0 Å². The molecule has 2 aromatic rings. The van der Waals surface area contributed by atoms with Crippen LogP contribution in [0.2, 0.25) is 5.02 Å². The van der Waals surface area contributed by atoms with Gasteiger partial charge in [0, 0.05) is 5.02 Å². The predicted octanol–water partition coefficient (Wildman–Crippen LogP) is 2.54. The summed E-state index contributed by atoms with van der Waals surface area (Å²) in [6.45, 7) is 1.74. The summed E-state index contributed by atoms with van der Waals surface area (Å²) in [5, 5.41) is 5.92. The van der Waals surface area contributed by atoms with Gasteiger partial charge in [-0.2, -0.15) is 0 Å². The Morgan fingerprint density at radius 3 is 2.57 bits per heavy atom. The standard InChI is InChI=1S/C15H15ClN2O3/c1-10(11-4-6-12(16)7-5-11)18-14(19)9-17-15(20)13-3-2-8-21-13/h2-8,10H,9H2,1H3,(H,17,20)(H,18,19)/t10-/m0/s1. The summed E-state index contributed by atoms with van der Waals surface area (Å²) in [5.41, 5.74) is 0.935. The first-order valence-electron chi connectivity index (χ1n) is 6.43. The van der Waals surface area contributed by atoms with Gasteiger partial charge in [-0.05, 0) is 36.8 Å². The summed E-state index contributed by atoms with van der Waals surface area (Å²) < 4.78 is 4.93. The number of carbonyl (C=O) groups is 2. The molecule has 0 saturated heterocycles. The van der Waals surface area contributed by atoms with Crippen molar-refractivity contribution >= 4 is 23.4 Å². The number of hydrogen-bond donors (Lipinski definition) is 2. The summed E-state index contributed by atoms with van der Waals surface area (Å²) in [7, 11) is 0. The zero-order valence-electron chi connectivity index (χ0n) is 11.4. The third-order valence-electron chi connectivity index (χ3n) is 2.90. The molecule has 0 bridgehead atoms. The van der Waals surface area contributed by atoms with Crippen LogP contribution in [0.4, 0.5) is 0 Å². The molecule has 0 aliphatic heterocycles. The lowest BCUT2D eigenvalue weighted by Gasteiger charge is -2.14. The van der Waals surface area contributed by atoms with E-state index in [4.69, 9.17) is 16.0 Å². The van der Waals surface area contributed by atoms with Gasteiger partial charge >= 0.3 is 0 Å². The summed E-state index contributed by atoms with van der Waals surface area (Å²) in [5.74, 6) is -0.528. The first kappa shape index (κ1) is 15.1. The average Bonchev–Trinajstić information content (AvgIpc) is 2.99. The van der Waals surface area contributed by atoms with Crippen LogP contribution < -0.4 is 10.6 Å². The van der Waals surface area contributed by atoms with E-state index in [1.54, 1.807) is 18.2 Å². The lowest BCUT2D eigenvalue weighted by Crippen LogP contribution is -2.37. The molecule has 1 aromatic carbocycles. The quantitative estimate of drug-likeness (QED) is 0.891. The topological polar surface area (TPSA) is 71.3 Å². The molecule has 110 valence electrons. The van der Waals surface area contributed by atoms with E-state index in [2.05, 4.69) is 10.6 Å². The number of amides is 2. The Morgan fingerprint density at radius 1 is 1.24 bits per heavy atom. The second kappa shape index (κ2) is 6.95. The highest BCUT2D eigenvalue weighted by atomic mass is 35.5. The van der Waals surface area contributed by atoms with Crippen molar-refractivity contribution < 1.29 is 14.0 Å². The fraction of sp³-hybridized carbons (Fsp3) is 0.200. The largest absolute Gasteiger partial charge is 0.459 e. The maximum atomic E-state index is 11.8. The van der Waals surface area contributed by atoms with Crippen LogP contribution in [0.5, 0.6) is 0 Å². The van der Waals surface area contributed by atoms with E-state index in [1.165, 1.54) is 12.3 Å². The third kappa shape index (κ3) is 4.36. The van der Waals surface area contributed by atoms with Gasteiger partial charge in [0.1, 0.15) is 0 Å². The van der Waals surface area contributed by atoms with E-state index in [0.29, 0.717) is 5.02 Å². The van der Waals surface area contributed by atoms with E-state index in [1.807, 2.05) is 19.1 Å². The highest BCUT2D eigenvalue weighted by Gasteiger charge is 2.12. The van der Waals surface area contributed by atoms with Gasteiger partial charge in [-0.1, -0.05) is 23.7 Å². The maximum Gasteiger partial charge on any atom is 0.287 e. The van der Waals surface area contributed by atoms with Gasteiger partial charge in [0.15, 0.2) is 5.76 Å². The minimum absolute atomic E-state index is 0.114. The van der Waals surface area contributed by atoms with E-state index < -0.39 is 5.91 Å². The molecule has 21 heavy (non-hydrogen) atoms. The molecule has 6 heteroatoms. The second-order valence-electron chi connectivity index (χ2n) is 4.50. The highest BCUT2D eigenvalue weighted by Crippen LogP contribution is 2.15. The first-order chi connectivity index (χ1) is 10.1. The van der Waals surface area contributed by atoms with Crippen LogP contribution in [-0.2, 0) is 4.79 Å². The Labute approximate surface area is 127 Å². The Kier molecular flexibility index (Phi) is 5.00. The molecule has 1 atom stereocenters. The summed E-state index contributed by atoms with van der Waals surface area (Å²) in [6.07, 6.45) is 1.40. The smallest absolute Gasteiger partial charge is 0.287 e. The van der Waals surface area contributed by atoms with Gasteiger partial charge in [-0.25, -0.2) is 0 Å². The SMILES string of the molecule is C[C@H](NC(=O)CNC(=O)c1ccco1)c1ccc(Cl)cc1. The maximum absolute atomic E-state index is 11.8. The predicted molar refractivity (Wildman–Crippen MR) is 79.1 cm³/mol. The van der Waals surface area contributed by atoms with Crippen LogP contribution in [0.15, 0.2) is 47.1 Å². The van der Waals surface area contributed by atoms with Gasteiger partial charge < -0.3 is 15.1 Å². The minimum Gasteiger partial charge on any atom is -0.459 e. The molecule has 0 saturated carbocycles. The normalized spacial score (nSPS) is 11.7. The summed E-state index contributed by atoms with van der Waals surface area (Å²) in [4.78, 5) is 23.4. The highest BCUT2D eigenvalue weighted by molar-refractivity contribution is 6.30. The Balaban J connectivity index is 1.81. The number of hydrogen-bond acceptors (Lipinski definition) is 3. The van der Waals surface area contributed by atoms with E-state index >= 15 is 0 Å². The molecule has 2 rings (SSSR count). The minimum atomic E-state index is -0.422. The van der Waals surface area contributed by atoms with E-state index in [0.717, 1.165) is 5.56 Å². The van der Waals surface area contributed by atoms with Crippen LogP contribution in [-0.4, -0.2) is 18.4 Å². The molecule has 0 aliphatic rings. The average molecular weight is 307 g/mol. The summed E-state index contributed by atoms with van der Waals surface area (Å²) >= 11 is 5.81. The fourth-order valence-corrected chi connectivity index (χ4v) is 1.91. The molecule has 2 amide bonds. The molecule has 5 nitrogen and oxygen atoms in total. The van der Waals surface area contributed by atoms with Crippen molar-refractivity contribution in [2.24, 2.45) is 0 Å². The fourth-order valence-electron chi connectivity index (χ4n) is 1.78. The number of halogens is 1. The van der Waals surface area contributed by atoms with Crippen molar-refractivity contribution in [3.8, 4) is 0 Å². The Bertz CT molecular complexity index is 608. The van der Waals surface area contributed by atoms with Crippen LogP contribution >= 0.6 is 11.6 Å². The number of benzene rings is 1. The molecule has 0 aliphatic carbocycles. The molecular weight excluding hydrogens is 292 g/mol. The number of carbonyl (C=O) groups excluding carboxylic acids is 2. The lowest BCUT2D eigenvalue weighted by atomic mass is 10.1. The third-order valence-corrected chi connectivity index (χ3v) is 3.15. The molecule has 0 unspecified atom stereocenters.